The number of carboxylic acids is 1. The Morgan fingerprint density at radius 1 is 1.35 bits per heavy atom. The second kappa shape index (κ2) is 6.41. The van der Waals surface area contributed by atoms with Crippen molar-refractivity contribution >= 4 is 11.9 Å². The fraction of sp³-hybridized carbons (Fsp3) is 0.467. The molecule has 5 heteroatoms. The lowest BCUT2D eigenvalue weighted by Crippen LogP contribution is -2.42. The molecule has 1 fully saturated rings. The van der Waals surface area contributed by atoms with E-state index >= 15 is 0 Å². The maximum Gasteiger partial charge on any atom is 0.306 e. The van der Waals surface area contributed by atoms with Gasteiger partial charge in [-0.25, -0.2) is 0 Å². The average Bonchev–Trinajstić information content (AvgIpc) is 2.32. The molecule has 0 spiro atoms. The van der Waals surface area contributed by atoms with Gasteiger partial charge in [0.1, 0.15) is 12.4 Å². The Balaban J connectivity index is 1.62. The van der Waals surface area contributed by atoms with E-state index in [9.17, 15) is 9.59 Å². The second-order valence-corrected chi connectivity index (χ2v) is 5.16. The molecule has 0 heterocycles. The van der Waals surface area contributed by atoms with E-state index in [0.29, 0.717) is 26.0 Å². The van der Waals surface area contributed by atoms with Gasteiger partial charge >= 0.3 is 5.97 Å². The molecule has 1 aromatic rings. The molecular weight excluding hydrogens is 258 g/mol. The molecule has 0 saturated heterocycles. The minimum atomic E-state index is -0.808. The summed E-state index contributed by atoms with van der Waals surface area (Å²) in [6.45, 7) is 2.83. The maximum atomic E-state index is 11.7. The van der Waals surface area contributed by atoms with Gasteiger partial charge < -0.3 is 15.2 Å². The summed E-state index contributed by atoms with van der Waals surface area (Å²) in [5.41, 5.74) is 1.13. The monoisotopic (exact) mass is 277 g/mol. The van der Waals surface area contributed by atoms with Gasteiger partial charge in [-0.05, 0) is 37.5 Å². The maximum absolute atomic E-state index is 11.7. The summed E-state index contributed by atoms with van der Waals surface area (Å²) in [6.07, 6.45) is 0.889. The summed E-state index contributed by atoms with van der Waals surface area (Å²) < 4.78 is 5.52. The summed E-state index contributed by atoms with van der Waals surface area (Å²) in [4.78, 5) is 22.3. The van der Waals surface area contributed by atoms with Crippen LogP contribution in [0.5, 0.6) is 5.75 Å². The van der Waals surface area contributed by atoms with Crippen LogP contribution >= 0.6 is 0 Å². The molecule has 2 N–H and O–H groups in total. The molecule has 2 rings (SSSR count). The second-order valence-electron chi connectivity index (χ2n) is 5.16. The van der Waals surface area contributed by atoms with E-state index in [1.54, 1.807) is 0 Å². The van der Waals surface area contributed by atoms with Crippen LogP contribution in [-0.2, 0) is 9.59 Å². The Hall–Kier alpha value is -2.04. The molecule has 20 heavy (non-hydrogen) atoms. The molecule has 0 radical (unpaired) electrons. The predicted molar refractivity (Wildman–Crippen MR) is 73.5 cm³/mol. The number of carboxylic acid groups (broad SMARTS) is 1. The number of hydrogen-bond acceptors (Lipinski definition) is 3. The third kappa shape index (κ3) is 3.73. The van der Waals surface area contributed by atoms with E-state index in [1.807, 2.05) is 31.2 Å². The number of amides is 1. The van der Waals surface area contributed by atoms with Crippen LogP contribution < -0.4 is 10.1 Å². The van der Waals surface area contributed by atoms with Gasteiger partial charge in [0.15, 0.2) is 0 Å². The predicted octanol–water partition coefficient (Wildman–Crippen LogP) is 1.60. The van der Waals surface area contributed by atoms with Crippen molar-refractivity contribution < 1.29 is 19.4 Å². The van der Waals surface area contributed by atoms with Crippen molar-refractivity contribution in [3.05, 3.63) is 29.8 Å². The number of carbonyl (C=O) groups excluding carboxylic acids is 1. The molecule has 5 nitrogen and oxygen atoms in total. The summed E-state index contributed by atoms with van der Waals surface area (Å²) in [7, 11) is 0. The van der Waals surface area contributed by atoms with Crippen LogP contribution in [0, 0.1) is 18.8 Å². The van der Waals surface area contributed by atoms with Crippen LogP contribution in [0.2, 0.25) is 0 Å². The Morgan fingerprint density at radius 3 is 2.75 bits per heavy atom. The zero-order valence-corrected chi connectivity index (χ0v) is 11.5. The minimum Gasteiger partial charge on any atom is -0.492 e. The lowest BCUT2D eigenvalue weighted by molar-refractivity contribution is -0.148. The quantitative estimate of drug-likeness (QED) is 0.774. The SMILES string of the molecule is Cc1cccc(OCCNC(=O)C2CC(C(=O)O)C2)c1. The number of hydrogen-bond donors (Lipinski definition) is 2. The lowest BCUT2D eigenvalue weighted by Gasteiger charge is -2.30. The van der Waals surface area contributed by atoms with Crippen molar-refractivity contribution in [3.63, 3.8) is 0 Å². The third-order valence-electron chi connectivity index (χ3n) is 3.52. The van der Waals surface area contributed by atoms with Crippen molar-refractivity contribution in [2.24, 2.45) is 11.8 Å². The van der Waals surface area contributed by atoms with Gasteiger partial charge in [-0.15, -0.1) is 0 Å². The Labute approximate surface area is 117 Å². The van der Waals surface area contributed by atoms with E-state index in [0.717, 1.165) is 11.3 Å². The van der Waals surface area contributed by atoms with Crippen LogP contribution in [0.25, 0.3) is 0 Å². The average molecular weight is 277 g/mol. The van der Waals surface area contributed by atoms with Gasteiger partial charge in [-0.2, -0.15) is 0 Å². The highest BCUT2D eigenvalue weighted by Gasteiger charge is 2.38. The first-order valence-corrected chi connectivity index (χ1v) is 6.76. The molecule has 1 saturated carbocycles. The molecule has 0 aromatic heterocycles. The summed E-state index contributed by atoms with van der Waals surface area (Å²) in [5, 5.41) is 11.5. The largest absolute Gasteiger partial charge is 0.492 e. The molecule has 0 atom stereocenters. The Bertz CT molecular complexity index is 494. The van der Waals surface area contributed by atoms with Gasteiger partial charge in [0, 0.05) is 5.92 Å². The molecule has 1 amide bonds. The van der Waals surface area contributed by atoms with E-state index in [-0.39, 0.29) is 17.7 Å². The standard InChI is InChI=1S/C15H19NO4/c1-10-3-2-4-13(7-10)20-6-5-16-14(17)11-8-12(9-11)15(18)19/h2-4,7,11-12H,5-6,8-9H2,1H3,(H,16,17)(H,18,19). The van der Waals surface area contributed by atoms with E-state index in [1.165, 1.54) is 0 Å². The zero-order valence-electron chi connectivity index (χ0n) is 11.5. The summed E-state index contributed by atoms with van der Waals surface area (Å²) in [6, 6.07) is 7.72. The molecule has 1 aromatic carbocycles. The van der Waals surface area contributed by atoms with Crippen LogP contribution in [0.4, 0.5) is 0 Å². The molecule has 0 unspecified atom stereocenters. The highest BCUT2D eigenvalue weighted by molar-refractivity contribution is 5.82. The molecule has 1 aliphatic rings. The van der Waals surface area contributed by atoms with Crippen LogP contribution in [0.1, 0.15) is 18.4 Å². The third-order valence-corrected chi connectivity index (χ3v) is 3.52. The van der Waals surface area contributed by atoms with E-state index in [2.05, 4.69) is 5.32 Å². The van der Waals surface area contributed by atoms with Crippen molar-refractivity contribution in [1.29, 1.82) is 0 Å². The van der Waals surface area contributed by atoms with Gasteiger partial charge in [0.2, 0.25) is 5.91 Å². The fourth-order valence-electron chi connectivity index (χ4n) is 2.23. The first-order valence-electron chi connectivity index (χ1n) is 6.76. The first kappa shape index (κ1) is 14.4. The zero-order chi connectivity index (χ0) is 14.5. The molecule has 0 bridgehead atoms. The molecule has 0 aliphatic heterocycles. The Morgan fingerprint density at radius 2 is 2.10 bits per heavy atom. The van der Waals surface area contributed by atoms with Gasteiger partial charge in [0.25, 0.3) is 0 Å². The smallest absolute Gasteiger partial charge is 0.306 e. The summed E-state index contributed by atoms with van der Waals surface area (Å²) >= 11 is 0. The van der Waals surface area contributed by atoms with Crippen molar-refractivity contribution in [3.8, 4) is 5.75 Å². The number of nitrogens with one attached hydrogen (secondary N) is 1. The van der Waals surface area contributed by atoms with Crippen molar-refractivity contribution in [2.75, 3.05) is 13.2 Å². The van der Waals surface area contributed by atoms with Crippen molar-refractivity contribution in [1.82, 2.24) is 5.32 Å². The van der Waals surface area contributed by atoms with Crippen LogP contribution in [0.3, 0.4) is 0 Å². The first-order chi connectivity index (χ1) is 9.56. The molecule has 1 aliphatic carbocycles. The topological polar surface area (TPSA) is 75.6 Å². The molecular formula is C15H19NO4. The van der Waals surface area contributed by atoms with Crippen LogP contribution in [-0.4, -0.2) is 30.1 Å². The number of rotatable bonds is 6. The highest BCUT2D eigenvalue weighted by Crippen LogP contribution is 2.33. The number of benzene rings is 1. The minimum absolute atomic E-state index is 0.0738. The van der Waals surface area contributed by atoms with Gasteiger partial charge in [0.05, 0.1) is 12.5 Å². The van der Waals surface area contributed by atoms with Gasteiger partial charge in [-0.3, -0.25) is 9.59 Å². The highest BCUT2D eigenvalue weighted by atomic mass is 16.5. The summed E-state index contributed by atoms with van der Waals surface area (Å²) in [5.74, 6) is -0.606. The van der Waals surface area contributed by atoms with Crippen LogP contribution in [0.15, 0.2) is 24.3 Å². The van der Waals surface area contributed by atoms with E-state index < -0.39 is 5.97 Å². The Kier molecular flexibility index (Phi) is 4.61. The van der Waals surface area contributed by atoms with E-state index in [4.69, 9.17) is 9.84 Å². The van der Waals surface area contributed by atoms with Gasteiger partial charge in [-0.1, -0.05) is 12.1 Å². The normalized spacial score (nSPS) is 20.9. The molecule has 108 valence electrons. The lowest BCUT2D eigenvalue weighted by atomic mass is 9.74. The fourth-order valence-corrected chi connectivity index (χ4v) is 2.23. The number of ether oxygens (including phenoxy) is 1. The number of aryl methyl sites for hydroxylation is 1. The number of aliphatic carboxylic acids is 1. The van der Waals surface area contributed by atoms with Crippen molar-refractivity contribution in [2.45, 2.75) is 19.8 Å². The number of carbonyl (C=O) groups is 2.